The van der Waals surface area contributed by atoms with Gasteiger partial charge in [0.2, 0.25) is 0 Å². The minimum absolute atomic E-state index is 0.170. The summed E-state index contributed by atoms with van der Waals surface area (Å²) in [4.78, 5) is 28.5. The second-order valence-electron chi connectivity index (χ2n) is 7.68. The number of amides is 2. The molecule has 1 heterocycles. The van der Waals surface area contributed by atoms with Gasteiger partial charge in [0.15, 0.2) is 0 Å². The summed E-state index contributed by atoms with van der Waals surface area (Å²) < 4.78 is 10.7. The molecule has 3 aromatic rings. The molecular formula is C26H23ClN2O4. The molecule has 0 saturated carbocycles. The van der Waals surface area contributed by atoms with Crippen molar-refractivity contribution in [2.75, 3.05) is 24.4 Å². The van der Waals surface area contributed by atoms with Gasteiger partial charge >= 0.3 is 0 Å². The molecule has 4 rings (SSSR count). The molecule has 7 heteroatoms. The predicted molar refractivity (Wildman–Crippen MR) is 130 cm³/mol. The van der Waals surface area contributed by atoms with Crippen LogP contribution in [-0.2, 0) is 9.59 Å². The van der Waals surface area contributed by atoms with Crippen LogP contribution >= 0.6 is 11.6 Å². The Morgan fingerprint density at radius 3 is 2.21 bits per heavy atom. The number of carbonyl (C=O) groups is 2. The first-order valence-electron chi connectivity index (χ1n) is 10.3. The summed E-state index contributed by atoms with van der Waals surface area (Å²) in [5, 5.41) is 3.70. The number of rotatable bonds is 6. The molecule has 168 valence electrons. The van der Waals surface area contributed by atoms with Gasteiger partial charge in [0.25, 0.3) is 11.8 Å². The van der Waals surface area contributed by atoms with E-state index in [-0.39, 0.29) is 11.3 Å². The summed E-state index contributed by atoms with van der Waals surface area (Å²) in [6, 6.07) is 17.7. The predicted octanol–water partition coefficient (Wildman–Crippen LogP) is 5.37. The van der Waals surface area contributed by atoms with Gasteiger partial charge in [-0.15, -0.1) is 0 Å². The second-order valence-corrected chi connectivity index (χ2v) is 8.12. The molecule has 1 aliphatic heterocycles. The summed E-state index contributed by atoms with van der Waals surface area (Å²) in [7, 11) is 3.13. The van der Waals surface area contributed by atoms with Gasteiger partial charge < -0.3 is 14.8 Å². The normalized spacial score (nSPS) is 13.5. The molecule has 33 heavy (non-hydrogen) atoms. The van der Waals surface area contributed by atoms with E-state index >= 15 is 0 Å². The van der Waals surface area contributed by atoms with Gasteiger partial charge in [-0.1, -0.05) is 29.8 Å². The summed E-state index contributed by atoms with van der Waals surface area (Å²) in [5.41, 5.74) is 3.80. The molecule has 0 unspecified atom stereocenters. The molecule has 2 amide bonds. The fraction of sp³-hybridized carbons (Fsp3) is 0.154. The highest BCUT2D eigenvalue weighted by Gasteiger charge is 2.41. The molecule has 0 saturated heterocycles. The van der Waals surface area contributed by atoms with Crippen LogP contribution in [0.25, 0.3) is 5.57 Å². The van der Waals surface area contributed by atoms with Gasteiger partial charge in [-0.2, -0.15) is 0 Å². The zero-order valence-corrected chi connectivity index (χ0v) is 19.5. The molecule has 0 radical (unpaired) electrons. The zero-order valence-electron chi connectivity index (χ0n) is 18.7. The Labute approximate surface area is 197 Å². The fourth-order valence-corrected chi connectivity index (χ4v) is 4.04. The van der Waals surface area contributed by atoms with Crippen molar-refractivity contribution >= 4 is 40.4 Å². The summed E-state index contributed by atoms with van der Waals surface area (Å²) in [6.45, 7) is 3.75. The highest BCUT2D eigenvalue weighted by molar-refractivity contribution is 6.46. The van der Waals surface area contributed by atoms with Crippen LogP contribution in [0.3, 0.4) is 0 Å². The van der Waals surface area contributed by atoms with Gasteiger partial charge in [0, 0.05) is 5.02 Å². The van der Waals surface area contributed by atoms with Gasteiger partial charge in [-0.25, -0.2) is 4.90 Å². The number of hydrogen-bond acceptors (Lipinski definition) is 5. The monoisotopic (exact) mass is 462 g/mol. The number of halogens is 1. The fourth-order valence-electron chi connectivity index (χ4n) is 3.81. The van der Waals surface area contributed by atoms with Gasteiger partial charge in [-0.3, -0.25) is 9.59 Å². The van der Waals surface area contributed by atoms with E-state index in [9.17, 15) is 9.59 Å². The standard InChI is InChI=1S/C26H23ClN2O4/c1-15-5-12-22(33-4)20(13-15)28-24-23(17-6-9-19(32-3)10-7-17)25(30)29(26(24)31)21-11-8-18(27)14-16(21)2/h5-14,28H,1-4H3. The molecule has 0 fully saturated rings. The van der Waals surface area contributed by atoms with Crippen molar-refractivity contribution in [3.8, 4) is 11.5 Å². The van der Waals surface area contributed by atoms with E-state index in [0.29, 0.717) is 39.0 Å². The number of aryl methyl sites for hydroxylation is 2. The third-order valence-electron chi connectivity index (χ3n) is 5.48. The lowest BCUT2D eigenvalue weighted by Crippen LogP contribution is -2.33. The average Bonchev–Trinajstić information content (AvgIpc) is 3.03. The lowest BCUT2D eigenvalue weighted by Gasteiger charge is -2.18. The van der Waals surface area contributed by atoms with Crippen LogP contribution in [0, 0.1) is 13.8 Å². The SMILES string of the molecule is COc1ccc(C2=C(Nc3cc(C)ccc3OC)C(=O)N(c3ccc(Cl)cc3C)C2=O)cc1. The summed E-state index contributed by atoms with van der Waals surface area (Å²) in [5.74, 6) is 0.324. The summed E-state index contributed by atoms with van der Waals surface area (Å²) in [6.07, 6.45) is 0. The van der Waals surface area contributed by atoms with Crippen LogP contribution in [-0.4, -0.2) is 26.0 Å². The van der Waals surface area contributed by atoms with Gasteiger partial charge in [0.05, 0.1) is 31.2 Å². The highest BCUT2D eigenvalue weighted by Crippen LogP contribution is 2.37. The Kier molecular flexibility index (Phi) is 6.11. The van der Waals surface area contributed by atoms with E-state index < -0.39 is 11.8 Å². The number of nitrogens with zero attached hydrogens (tertiary/aromatic N) is 1. The first-order chi connectivity index (χ1) is 15.8. The van der Waals surface area contributed by atoms with Crippen LogP contribution in [0.15, 0.2) is 66.4 Å². The first-order valence-corrected chi connectivity index (χ1v) is 10.7. The van der Waals surface area contributed by atoms with E-state index in [1.165, 1.54) is 4.90 Å². The van der Waals surface area contributed by atoms with Crippen molar-refractivity contribution in [1.29, 1.82) is 0 Å². The van der Waals surface area contributed by atoms with Crippen molar-refractivity contribution in [2.45, 2.75) is 13.8 Å². The molecule has 6 nitrogen and oxygen atoms in total. The van der Waals surface area contributed by atoms with Crippen LogP contribution in [0.2, 0.25) is 5.02 Å². The average molecular weight is 463 g/mol. The minimum Gasteiger partial charge on any atom is -0.497 e. The van der Waals surface area contributed by atoms with Crippen LogP contribution in [0.5, 0.6) is 11.5 Å². The maximum Gasteiger partial charge on any atom is 0.282 e. The topological polar surface area (TPSA) is 67.9 Å². The molecule has 0 bridgehead atoms. The molecule has 0 aromatic heterocycles. The molecular weight excluding hydrogens is 440 g/mol. The largest absolute Gasteiger partial charge is 0.497 e. The van der Waals surface area contributed by atoms with E-state index in [1.54, 1.807) is 56.7 Å². The van der Waals surface area contributed by atoms with Crippen LogP contribution < -0.4 is 19.7 Å². The van der Waals surface area contributed by atoms with E-state index in [0.717, 1.165) is 5.56 Å². The van der Waals surface area contributed by atoms with E-state index in [4.69, 9.17) is 21.1 Å². The maximum atomic E-state index is 13.6. The Bertz CT molecular complexity index is 1280. The van der Waals surface area contributed by atoms with Crippen molar-refractivity contribution in [1.82, 2.24) is 0 Å². The number of carbonyl (C=O) groups excluding carboxylic acids is 2. The van der Waals surface area contributed by atoms with Crippen molar-refractivity contribution < 1.29 is 19.1 Å². The number of ether oxygens (including phenoxy) is 2. The van der Waals surface area contributed by atoms with Crippen LogP contribution in [0.4, 0.5) is 11.4 Å². The molecule has 3 aromatic carbocycles. The minimum atomic E-state index is -0.459. The third kappa shape index (κ3) is 4.17. The molecule has 1 N–H and O–H groups in total. The van der Waals surface area contributed by atoms with E-state index in [2.05, 4.69) is 5.32 Å². The molecule has 1 aliphatic rings. The Balaban J connectivity index is 1.86. The molecule has 0 spiro atoms. The number of imide groups is 1. The number of anilines is 2. The Hall–Kier alpha value is -3.77. The first kappa shape index (κ1) is 22.4. The quantitative estimate of drug-likeness (QED) is 0.499. The Morgan fingerprint density at radius 1 is 0.848 bits per heavy atom. The van der Waals surface area contributed by atoms with Crippen molar-refractivity contribution in [2.24, 2.45) is 0 Å². The number of nitrogens with one attached hydrogen (secondary N) is 1. The molecule has 0 aliphatic carbocycles. The number of benzene rings is 3. The van der Waals surface area contributed by atoms with Crippen molar-refractivity contribution in [3.05, 3.63) is 88.1 Å². The maximum absolute atomic E-state index is 13.6. The highest BCUT2D eigenvalue weighted by atomic mass is 35.5. The summed E-state index contributed by atoms with van der Waals surface area (Å²) >= 11 is 6.10. The second kappa shape index (κ2) is 9.00. The van der Waals surface area contributed by atoms with E-state index in [1.807, 2.05) is 32.0 Å². The van der Waals surface area contributed by atoms with Crippen molar-refractivity contribution in [3.63, 3.8) is 0 Å². The lowest BCUT2D eigenvalue weighted by atomic mass is 10.0. The third-order valence-corrected chi connectivity index (χ3v) is 5.71. The van der Waals surface area contributed by atoms with Gasteiger partial charge in [0.1, 0.15) is 17.2 Å². The number of hydrogen-bond donors (Lipinski definition) is 1. The lowest BCUT2D eigenvalue weighted by molar-refractivity contribution is -0.120. The number of methoxy groups -OCH3 is 2. The van der Waals surface area contributed by atoms with Gasteiger partial charge in [-0.05, 0) is 73.0 Å². The molecule has 0 atom stereocenters. The van der Waals surface area contributed by atoms with Crippen LogP contribution in [0.1, 0.15) is 16.7 Å². The zero-order chi connectivity index (χ0) is 23.7. The Morgan fingerprint density at radius 2 is 1.58 bits per heavy atom. The smallest absolute Gasteiger partial charge is 0.282 e.